The Balaban J connectivity index is 1.59. The summed E-state index contributed by atoms with van der Waals surface area (Å²) in [6, 6.07) is 7.15. The van der Waals surface area contributed by atoms with Crippen molar-refractivity contribution in [2.24, 2.45) is 0 Å². The summed E-state index contributed by atoms with van der Waals surface area (Å²) >= 11 is 5.81. The average Bonchev–Trinajstić information content (AvgIpc) is 3.09. The molecular weight excluding hydrogens is 330 g/mol. The molecule has 1 aromatic rings. The number of hydrogen-bond donors (Lipinski definition) is 1. The Hall–Kier alpha value is -1.79. The number of amides is 2. The fourth-order valence-corrected chi connectivity index (χ4v) is 2.61. The summed E-state index contributed by atoms with van der Waals surface area (Å²) in [5, 5.41) is 3.34. The molecule has 24 heavy (non-hydrogen) atoms. The Morgan fingerprint density at radius 1 is 1.25 bits per heavy atom. The Morgan fingerprint density at radius 2 is 1.92 bits per heavy atom. The molecule has 6 nitrogen and oxygen atoms in total. The van der Waals surface area contributed by atoms with Gasteiger partial charge in [-0.1, -0.05) is 11.6 Å². The van der Waals surface area contributed by atoms with E-state index in [2.05, 4.69) is 5.32 Å². The van der Waals surface area contributed by atoms with E-state index in [0.717, 1.165) is 31.7 Å². The third-order valence-electron chi connectivity index (χ3n) is 3.86. The molecule has 0 aliphatic carbocycles. The van der Waals surface area contributed by atoms with Gasteiger partial charge < -0.3 is 15.0 Å². The topological polar surface area (TPSA) is 61.9 Å². The number of carbonyl (C=O) groups is 2. The molecule has 1 aromatic carbocycles. The van der Waals surface area contributed by atoms with E-state index in [1.807, 2.05) is 11.9 Å². The fraction of sp³-hybridized carbons (Fsp3) is 0.529. The SMILES string of the molecule is CN(CCOc1ccc(Cl)cc1)CC(=O)NCC(=O)N1CCCC1. The van der Waals surface area contributed by atoms with Crippen molar-refractivity contribution in [1.82, 2.24) is 15.1 Å². The van der Waals surface area contributed by atoms with Crippen molar-refractivity contribution in [3.05, 3.63) is 29.3 Å². The van der Waals surface area contributed by atoms with Gasteiger partial charge in [0.2, 0.25) is 11.8 Å². The molecule has 0 unspecified atom stereocenters. The van der Waals surface area contributed by atoms with Crippen molar-refractivity contribution < 1.29 is 14.3 Å². The minimum absolute atomic E-state index is 0.00502. The minimum atomic E-state index is -0.156. The van der Waals surface area contributed by atoms with Crippen LogP contribution in [0.4, 0.5) is 0 Å². The minimum Gasteiger partial charge on any atom is -0.492 e. The number of likely N-dealkylation sites (tertiary alicyclic amines) is 1. The standard InChI is InChI=1S/C17H24ClN3O3/c1-20(10-11-24-15-6-4-14(18)5-7-15)13-16(22)19-12-17(23)21-8-2-3-9-21/h4-7H,2-3,8-13H2,1H3,(H,19,22). The van der Waals surface area contributed by atoms with Gasteiger partial charge in [0.25, 0.3) is 0 Å². The highest BCUT2D eigenvalue weighted by Crippen LogP contribution is 2.15. The van der Waals surface area contributed by atoms with Crippen molar-refractivity contribution in [3.8, 4) is 5.75 Å². The number of hydrogen-bond acceptors (Lipinski definition) is 4. The van der Waals surface area contributed by atoms with Crippen LogP contribution >= 0.6 is 11.6 Å². The average molecular weight is 354 g/mol. The van der Waals surface area contributed by atoms with Crippen LogP contribution in [0.5, 0.6) is 5.75 Å². The van der Waals surface area contributed by atoms with Crippen LogP contribution in [0.3, 0.4) is 0 Å². The van der Waals surface area contributed by atoms with Gasteiger partial charge in [-0.25, -0.2) is 0 Å². The van der Waals surface area contributed by atoms with Crippen molar-refractivity contribution >= 4 is 23.4 Å². The summed E-state index contributed by atoms with van der Waals surface area (Å²) in [5.41, 5.74) is 0. The first-order valence-electron chi connectivity index (χ1n) is 8.16. The van der Waals surface area contributed by atoms with Gasteiger partial charge in [-0.2, -0.15) is 0 Å². The second kappa shape index (κ2) is 9.49. The number of nitrogens with zero attached hydrogens (tertiary/aromatic N) is 2. The molecule has 2 rings (SSSR count). The number of carbonyl (C=O) groups excluding carboxylic acids is 2. The first kappa shape index (κ1) is 18.5. The number of halogens is 1. The first-order valence-corrected chi connectivity index (χ1v) is 8.54. The van der Waals surface area contributed by atoms with E-state index in [1.54, 1.807) is 29.2 Å². The molecular formula is C17H24ClN3O3. The molecule has 2 amide bonds. The van der Waals surface area contributed by atoms with Gasteiger partial charge in [-0.05, 0) is 44.2 Å². The van der Waals surface area contributed by atoms with Gasteiger partial charge in [0.05, 0.1) is 13.1 Å². The second-order valence-electron chi connectivity index (χ2n) is 5.90. The summed E-state index contributed by atoms with van der Waals surface area (Å²) < 4.78 is 5.59. The number of ether oxygens (including phenoxy) is 1. The molecule has 0 bridgehead atoms. The molecule has 0 atom stereocenters. The molecule has 0 aromatic heterocycles. The monoisotopic (exact) mass is 353 g/mol. The van der Waals surface area contributed by atoms with E-state index in [1.165, 1.54) is 0 Å². The molecule has 1 N–H and O–H groups in total. The van der Waals surface area contributed by atoms with Crippen molar-refractivity contribution in [3.63, 3.8) is 0 Å². The van der Waals surface area contributed by atoms with Gasteiger partial charge in [-0.15, -0.1) is 0 Å². The van der Waals surface area contributed by atoms with Crippen LogP contribution in [0.1, 0.15) is 12.8 Å². The Bertz CT molecular complexity index is 545. The van der Waals surface area contributed by atoms with Crippen molar-refractivity contribution in [2.45, 2.75) is 12.8 Å². The van der Waals surface area contributed by atoms with Crippen molar-refractivity contribution in [1.29, 1.82) is 0 Å². The number of likely N-dealkylation sites (N-methyl/N-ethyl adjacent to an activating group) is 1. The van der Waals surface area contributed by atoms with E-state index < -0.39 is 0 Å². The summed E-state index contributed by atoms with van der Waals surface area (Å²) in [5.74, 6) is 0.583. The predicted molar refractivity (Wildman–Crippen MR) is 93.3 cm³/mol. The number of nitrogens with one attached hydrogen (secondary N) is 1. The third-order valence-corrected chi connectivity index (χ3v) is 4.12. The lowest BCUT2D eigenvalue weighted by Crippen LogP contribution is -2.42. The quantitative estimate of drug-likeness (QED) is 0.767. The zero-order valence-electron chi connectivity index (χ0n) is 14.0. The van der Waals surface area contributed by atoms with Crippen LogP contribution in [0.25, 0.3) is 0 Å². The first-order chi connectivity index (χ1) is 11.5. The van der Waals surface area contributed by atoms with Crippen LogP contribution < -0.4 is 10.1 Å². The van der Waals surface area contributed by atoms with Crippen LogP contribution in [-0.4, -0.2) is 68.0 Å². The molecule has 1 fully saturated rings. The lowest BCUT2D eigenvalue weighted by Gasteiger charge is -2.18. The molecule has 1 heterocycles. The Kier molecular flexibility index (Phi) is 7.34. The summed E-state index contributed by atoms with van der Waals surface area (Å²) in [6.07, 6.45) is 2.10. The van der Waals surface area contributed by atoms with Crippen LogP contribution in [0, 0.1) is 0 Å². The van der Waals surface area contributed by atoms with E-state index in [9.17, 15) is 9.59 Å². The molecule has 1 aliphatic rings. The van der Waals surface area contributed by atoms with E-state index in [4.69, 9.17) is 16.3 Å². The van der Waals surface area contributed by atoms with Gasteiger partial charge >= 0.3 is 0 Å². The Morgan fingerprint density at radius 3 is 2.58 bits per heavy atom. The van der Waals surface area contributed by atoms with Crippen LogP contribution in [0.2, 0.25) is 5.02 Å². The molecule has 7 heteroatoms. The van der Waals surface area contributed by atoms with Crippen LogP contribution in [-0.2, 0) is 9.59 Å². The highest BCUT2D eigenvalue weighted by molar-refractivity contribution is 6.30. The van der Waals surface area contributed by atoms with Crippen LogP contribution in [0.15, 0.2) is 24.3 Å². The maximum absolute atomic E-state index is 11.9. The molecule has 1 aliphatic heterocycles. The highest BCUT2D eigenvalue weighted by atomic mass is 35.5. The molecule has 0 spiro atoms. The fourth-order valence-electron chi connectivity index (χ4n) is 2.48. The van der Waals surface area contributed by atoms with E-state index in [-0.39, 0.29) is 24.9 Å². The van der Waals surface area contributed by atoms with E-state index >= 15 is 0 Å². The van der Waals surface area contributed by atoms with Gasteiger partial charge in [0, 0.05) is 24.7 Å². The molecule has 132 valence electrons. The maximum atomic E-state index is 11.9. The molecule has 1 saturated heterocycles. The lowest BCUT2D eigenvalue weighted by atomic mass is 10.3. The lowest BCUT2D eigenvalue weighted by molar-refractivity contribution is -0.132. The zero-order valence-corrected chi connectivity index (χ0v) is 14.7. The summed E-state index contributed by atoms with van der Waals surface area (Å²) in [4.78, 5) is 27.4. The predicted octanol–water partition coefficient (Wildman–Crippen LogP) is 1.39. The Labute approximate surface area is 147 Å². The zero-order chi connectivity index (χ0) is 17.4. The smallest absolute Gasteiger partial charge is 0.241 e. The molecule has 0 radical (unpaired) electrons. The van der Waals surface area contributed by atoms with E-state index in [0.29, 0.717) is 18.2 Å². The normalized spacial score (nSPS) is 14.0. The third kappa shape index (κ3) is 6.37. The molecule has 0 saturated carbocycles. The second-order valence-corrected chi connectivity index (χ2v) is 6.34. The number of benzene rings is 1. The summed E-state index contributed by atoms with van der Waals surface area (Å²) in [7, 11) is 1.84. The maximum Gasteiger partial charge on any atom is 0.241 e. The summed E-state index contributed by atoms with van der Waals surface area (Å²) in [6.45, 7) is 2.99. The van der Waals surface area contributed by atoms with Gasteiger partial charge in [-0.3, -0.25) is 14.5 Å². The largest absolute Gasteiger partial charge is 0.492 e. The highest BCUT2D eigenvalue weighted by Gasteiger charge is 2.18. The van der Waals surface area contributed by atoms with Gasteiger partial charge in [0.1, 0.15) is 12.4 Å². The van der Waals surface area contributed by atoms with Crippen molar-refractivity contribution in [2.75, 3.05) is 46.4 Å². The van der Waals surface area contributed by atoms with Gasteiger partial charge in [0.15, 0.2) is 0 Å². The number of rotatable bonds is 8.